The fraction of sp³-hybridized carbons (Fsp3) is 0.333. The molecule has 0 saturated carbocycles. The van der Waals surface area contributed by atoms with Gasteiger partial charge in [0.25, 0.3) is 11.8 Å². The number of anilines is 2. The van der Waals surface area contributed by atoms with Crippen LogP contribution >= 0.6 is 0 Å². The van der Waals surface area contributed by atoms with Gasteiger partial charge in [-0.1, -0.05) is 0 Å². The topological polar surface area (TPSA) is 255 Å². The van der Waals surface area contributed by atoms with E-state index >= 15 is 0 Å². The number of aromatic carboxylic acids is 1. The Kier molecular flexibility index (Phi) is 11.8. The summed E-state index contributed by atoms with van der Waals surface area (Å²) in [5.41, 5.74) is -4.26. The maximum absolute atomic E-state index is 13.2. The number of rotatable bonds is 10. The van der Waals surface area contributed by atoms with Gasteiger partial charge in [-0.05, 0) is 90.9 Å². The highest BCUT2D eigenvalue weighted by molar-refractivity contribution is 6.11. The van der Waals surface area contributed by atoms with E-state index in [2.05, 4.69) is 10.6 Å². The molecule has 0 bridgehead atoms. The van der Waals surface area contributed by atoms with Crippen LogP contribution in [0.2, 0.25) is 0 Å². The standard InChI is InChI=1S/C36H40N2O14/c1-16(50-33(48)35(3,4)5)20-12-19(13-24(28(20)42)31(45)46)38-30(44)22-15-26(40)21(14-27(22)41)29(43)37-18-9-10-25(39)23(11-18)32(47)51-17(2)52-34(49)36(6,7)8/h9-17,39-42H,1-8H3,(H,37,43)(H,38,44)(H,45,46). The molecule has 3 aromatic rings. The second-order valence-electron chi connectivity index (χ2n) is 13.7. The summed E-state index contributed by atoms with van der Waals surface area (Å²) in [4.78, 5) is 75.2. The third-order valence-electron chi connectivity index (χ3n) is 7.20. The SMILES string of the molecule is CC(OC(=O)c1cc(NC(=O)c2cc(O)c(C(=O)Nc3cc(C(=O)O)c(O)c(C(C)OC(=O)C(C)(C)C)c3)cc2O)ccc1O)OC(=O)C(C)(C)C. The van der Waals surface area contributed by atoms with Gasteiger partial charge in [0.15, 0.2) is 0 Å². The molecule has 0 aliphatic rings. The van der Waals surface area contributed by atoms with Crippen molar-refractivity contribution >= 4 is 47.1 Å². The summed E-state index contributed by atoms with van der Waals surface area (Å²) in [7, 11) is 0. The van der Waals surface area contributed by atoms with E-state index in [-0.39, 0.29) is 16.9 Å². The molecule has 3 aromatic carbocycles. The number of amides is 2. The Bertz CT molecular complexity index is 1940. The molecule has 0 aliphatic heterocycles. The number of carbonyl (C=O) groups is 6. The van der Waals surface area contributed by atoms with Gasteiger partial charge in [0.2, 0.25) is 6.29 Å². The molecule has 0 heterocycles. The van der Waals surface area contributed by atoms with E-state index in [0.29, 0.717) is 0 Å². The highest BCUT2D eigenvalue weighted by atomic mass is 16.7. The van der Waals surface area contributed by atoms with Crippen molar-refractivity contribution in [1.82, 2.24) is 0 Å². The average Bonchev–Trinajstić information content (AvgIpc) is 3.02. The Morgan fingerprint density at radius 2 is 1.08 bits per heavy atom. The fourth-order valence-corrected chi connectivity index (χ4v) is 4.28. The average molecular weight is 725 g/mol. The van der Waals surface area contributed by atoms with E-state index in [4.69, 9.17) is 14.2 Å². The van der Waals surface area contributed by atoms with E-state index < -0.39 is 104 Å². The summed E-state index contributed by atoms with van der Waals surface area (Å²) < 4.78 is 15.5. The van der Waals surface area contributed by atoms with E-state index in [1.165, 1.54) is 26.0 Å². The first-order valence-corrected chi connectivity index (χ1v) is 15.7. The minimum absolute atomic E-state index is 0.0606. The molecular weight excluding hydrogens is 684 g/mol. The predicted octanol–water partition coefficient (Wildman–Crippen LogP) is 5.45. The van der Waals surface area contributed by atoms with E-state index in [1.54, 1.807) is 41.5 Å². The molecule has 2 unspecified atom stereocenters. The number of benzene rings is 3. The molecule has 3 rings (SSSR count). The van der Waals surface area contributed by atoms with Gasteiger partial charge in [-0.2, -0.15) is 0 Å². The number of carbonyl (C=O) groups excluding carboxylic acids is 5. The largest absolute Gasteiger partial charge is 0.507 e. The maximum atomic E-state index is 13.2. The van der Waals surface area contributed by atoms with Gasteiger partial charge in [0.1, 0.15) is 40.2 Å². The van der Waals surface area contributed by atoms with Crippen molar-refractivity contribution in [3.63, 3.8) is 0 Å². The van der Waals surface area contributed by atoms with Crippen LogP contribution in [0, 0.1) is 10.8 Å². The monoisotopic (exact) mass is 724 g/mol. The number of aromatic hydroxyl groups is 4. The van der Waals surface area contributed by atoms with Crippen LogP contribution in [0.3, 0.4) is 0 Å². The molecule has 0 spiro atoms. The third kappa shape index (κ3) is 9.68. The van der Waals surface area contributed by atoms with E-state index in [1.807, 2.05) is 0 Å². The number of hydrogen-bond donors (Lipinski definition) is 7. The van der Waals surface area contributed by atoms with Crippen molar-refractivity contribution in [2.75, 3.05) is 10.6 Å². The summed E-state index contributed by atoms with van der Waals surface area (Å²) in [6.45, 7) is 12.3. The molecule has 2 atom stereocenters. The van der Waals surface area contributed by atoms with Crippen LogP contribution in [0.1, 0.15) is 108 Å². The number of carboxylic acid groups (broad SMARTS) is 1. The maximum Gasteiger partial charge on any atom is 0.345 e. The lowest BCUT2D eigenvalue weighted by molar-refractivity contribution is -0.175. The Morgan fingerprint density at radius 1 is 0.596 bits per heavy atom. The molecule has 16 heteroatoms. The molecule has 0 fully saturated rings. The number of phenolic OH excluding ortho intramolecular Hbond substituents is 3. The number of carboxylic acids is 1. The number of ether oxygens (including phenoxy) is 3. The van der Waals surface area contributed by atoms with Crippen LogP contribution in [-0.2, 0) is 23.8 Å². The fourth-order valence-electron chi connectivity index (χ4n) is 4.28. The number of esters is 3. The van der Waals surface area contributed by atoms with Gasteiger partial charge in [0.05, 0.1) is 22.0 Å². The second-order valence-corrected chi connectivity index (χ2v) is 13.7. The lowest BCUT2D eigenvalue weighted by atomic mass is 9.97. The Morgan fingerprint density at radius 3 is 1.58 bits per heavy atom. The van der Waals surface area contributed by atoms with Crippen LogP contribution < -0.4 is 10.6 Å². The zero-order valence-corrected chi connectivity index (χ0v) is 29.6. The first-order chi connectivity index (χ1) is 23.9. The van der Waals surface area contributed by atoms with Gasteiger partial charge in [-0.15, -0.1) is 0 Å². The van der Waals surface area contributed by atoms with Crippen molar-refractivity contribution in [3.8, 4) is 23.0 Å². The Labute approximate surface area is 297 Å². The minimum atomic E-state index is -1.56. The summed E-state index contributed by atoms with van der Waals surface area (Å²) in [5, 5.41) is 56.5. The quantitative estimate of drug-likeness (QED) is 0.0779. The molecule has 0 saturated heterocycles. The van der Waals surface area contributed by atoms with E-state index in [0.717, 1.165) is 30.3 Å². The minimum Gasteiger partial charge on any atom is -0.507 e. The summed E-state index contributed by atoms with van der Waals surface area (Å²) in [6, 6.07) is 6.98. The molecule has 7 N–H and O–H groups in total. The zero-order valence-electron chi connectivity index (χ0n) is 29.6. The molecule has 2 amide bonds. The molecule has 0 aliphatic carbocycles. The predicted molar refractivity (Wildman–Crippen MR) is 183 cm³/mol. The lowest BCUT2D eigenvalue weighted by Gasteiger charge is -2.22. The van der Waals surface area contributed by atoms with Gasteiger partial charge in [0, 0.05) is 23.9 Å². The number of phenols is 4. The highest BCUT2D eigenvalue weighted by Crippen LogP contribution is 2.36. The Hall–Kier alpha value is -6.32. The molecule has 0 radical (unpaired) electrons. The molecule has 16 nitrogen and oxygen atoms in total. The van der Waals surface area contributed by atoms with Crippen LogP contribution in [0.5, 0.6) is 23.0 Å². The number of nitrogens with one attached hydrogen (secondary N) is 2. The first-order valence-electron chi connectivity index (χ1n) is 15.7. The number of hydrogen-bond acceptors (Lipinski definition) is 13. The van der Waals surface area contributed by atoms with Crippen LogP contribution in [-0.4, -0.2) is 67.5 Å². The third-order valence-corrected chi connectivity index (χ3v) is 7.20. The molecular formula is C36H40N2O14. The van der Waals surface area contributed by atoms with E-state index in [9.17, 15) is 54.3 Å². The molecule has 0 aromatic heterocycles. The van der Waals surface area contributed by atoms with Crippen molar-refractivity contribution in [2.45, 2.75) is 67.8 Å². The second kappa shape index (κ2) is 15.3. The zero-order chi connectivity index (χ0) is 39.5. The van der Waals surface area contributed by atoms with Crippen LogP contribution in [0.25, 0.3) is 0 Å². The van der Waals surface area contributed by atoms with Crippen molar-refractivity contribution in [3.05, 3.63) is 70.3 Å². The van der Waals surface area contributed by atoms with Gasteiger partial charge < -0.3 is 50.4 Å². The lowest BCUT2D eigenvalue weighted by Crippen LogP contribution is -2.29. The highest BCUT2D eigenvalue weighted by Gasteiger charge is 2.30. The summed E-state index contributed by atoms with van der Waals surface area (Å²) >= 11 is 0. The van der Waals surface area contributed by atoms with Gasteiger partial charge >= 0.3 is 23.9 Å². The first kappa shape index (κ1) is 40.1. The summed E-state index contributed by atoms with van der Waals surface area (Å²) in [6.07, 6.45) is -2.46. The molecule has 278 valence electrons. The van der Waals surface area contributed by atoms with Gasteiger partial charge in [-0.3, -0.25) is 19.2 Å². The van der Waals surface area contributed by atoms with Gasteiger partial charge in [-0.25, -0.2) is 9.59 Å². The smallest absolute Gasteiger partial charge is 0.345 e. The Balaban J connectivity index is 1.82. The van der Waals surface area contributed by atoms with Crippen molar-refractivity contribution in [2.24, 2.45) is 10.8 Å². The van der Waals surface area contributed by atoms with Crippen molar-refractivity contribution in [1.29, 1.82) is 0 Å². The normalized spacial score (nSPS) is 12.5. The molecule has 52 heavy (non-hydrogen) atoms. The van der Waals surface area contributed by atoms with Crippen LogP contribution in [0.4, 0.5) is 11.4 Å². The van der Waals surface area contributed by atoms with Crippen molar-refractivity contribution < 1.29 is 68.5 Å². The summed E-state index contributed by atoms with van der Waals surface area (Å²) in [5.74, 6) is -8.78. The van der Waals surface area contributed by atoms with Crippen LogP contribution in [0.15, 0.2) is 42.5 Å².